The zero-order valence-electron chi connectivity index (χ0n) is 10.3. The summed E-state index contributed by atoms with van der Waals surface area (Å²) in [4.78, 5) is 11.4. The van der Waals surface area contributed by atoms with Crippen molar-refractivity contribution in [3.05, 3.63) is 53.4 Å². The van der Waals surface area contributed by atoms with E-state index in [1.54, 1.807) is 6.92 Å². The number of aromatic nitrogens is 2. The Morgan fingerprint density at radius 3 is 2.89 bits per heavy atom. The second-order valence-electron chi connectivity index (χ2n) is 3.88. The number of halogens is 2. The maximum atomic E-state index is 13.4. The van der Waals surface area contributed by atoms with E-state index in [0.29, 0.717) is 11.1 Å². The van der Waals surface area contributed by atoms with Crippen molar-refractivity contribution in [2.24, 2.45) is 0 Å². The lowest BCUT2D eigenvalue weighted by molar-refractivity contribution is 0.0526. The fraction of sp³-hybridized carbons (Fsp3) is 0.231. The first-order valence-electron chi connectivity index (χ1n) is 5.73. The molecule has 0 saturated heterocycles. The van der Waals surface area contributed by atoms with Gasteiger partial charge in [0.2, 0.25) is 0 Å². The van der Waals surface area contributed by atoms with E-state index in [9.17, 15) is 13.6 Å². The van der Waals surface area contributed by atoms with E-state index in [4.69, 9.17) is 4.74 Å². The second-order valence-corrected chi connectivity index (χ2v) is 3.88. The van der Waals surface area contributed by atoms with Gasteiger partial charge in [0.05, 0.1) is 24.9 Å². The van der Waals surface area contributed by atoms with Crippen LogP contribution in [0.2, 0.25) is 0 Å². The van der Waals surface area contributed by atoms with E-state index in [0.717, 1.165) is 6.07 Å². The normalized spacial score (nSPS) is 10.5. The van der Waals surface area contributed by atoms with Gasteiger partial charge in [0.25, 0.3) is 0 Å². The van der Waals surface area contributed by atoms with Crippen LogP contribution in [0.1, 0.15) is 22.8 Å². The molecule has 1 aromatic carbocycles. The molecule has 19 heavy (non-hydrogen) atoms. The van der Waals surface area contributed by atoms with E-state index in [-0.39, 0.29) is 13.2 Å². The molecule has 0 atom stereocenters. The molecule has 0 unspecified atom stereocenters. The number of carbonyl (C=O) groups is 1. The summed E-state index contributed by atoms with van der Waals surface area (Å²) in [5.74, 6) is -1.75. The number of nitrogens with zero attached hydrogens (tertiary/aromatic N) is 2. The van der Waals surface area contributed by atoms with Crippen LogP contribution in [0.15, 0.2) is 30.6 Å². The summed E-state index contributed by atoms with van der Waals surface area (Å²) in [6.45, 7) is 2.10. The maximum Gasteiger partial charge on any atom is 0.341 e. The van der Waals surface area contributed by atoms with Crippen molar-refractivity contribution >= 4 is 5.97 Å². The predicted octanol–water partition coefficient (Wildman–Crippen LogP) is 2.39. The van der Waals surface area contributed by atoms with E-state index in [2.05, 4.69) is 5.10 Å². The molecule has 0 N–H and O–H groups in total. The quantitative estimate of drug-likeness (QED) is 0.798. The maximum absolute atomic E-state index is 13.4. The molecule has 0 radical (unpaired) electrons. The Morgan fingerprint density at radius 2 is 2.21 bits per heavy atom. The van der Waals surface area contributed by atoms with Gasteiger partial charge in [0.1, 0.15) is 11.6 Å². The summed E-state index contributed by atoms with van der Waals surface area (Å²) in [7, 11) is 0. The minimum absolute atomic E-state index is 0.117. The monoisotopic (exact) mass is 266 g/mol. The van der Waals surface area contributed by atoms with Crippen LogP contribution in [0.3, 0.4) is 0 Å². The third kappa shape index (κ3) is 3.15. The third-order valence-electron chi connectivity index (χ3n) is 2.49. The van der Waals surface area contributed by atoms with Crippen molar-refractivity contribution in [1.29, 1.82) is 0 Å². The number of hydrogen-bond acceptors (Lipinski definition) is 3. The molecule has 0 aliphatic heterocycles. The van der Waals surface area contributed by atoms with Gasteiger partial charge in [-0.1, -0.05) is 6.07 Å². The van der Waals surface area contributed by atoms with Crippen LogP contribution in [0, 0.1) is 11.6 Å². The Kier molecular flexibility index (Phi) is 3.89. The fourth-order valence-corrected chi connectivity index (χ4v) is 1.59. The van der Waals surface area contributed by atoms with Crippen molar-refractivity contribution in [2.45, 2.75) is 13.5 Å². The van der Waals surface area contributed by atoms with E-state index in [1.807, 2.05) is 0 Å². The van der Waals surface area contributed by atoms with Crippen molar-refractivity contribution in [3.63, 3.8) is 0 Å². The molecule has 100 valence electrons. The molecule has 0 bridgehead atoms. The molecule has 1 aromatic heterocycles. The molecule has 0 saturated carbocycles. The molecule has 0 aliphatic rings. The highest BCUT2D eigenvalue weighted by Gasteiger charge is 2.10. The predicted molar refractivity (Wildman–Crippen MR) is 63.6 cm³/mol. The summed E-state index contributed by atoms with van der Waals surface area (Å²) in [6, 6.07) is 3.33. The average Bonchev–Trinajstić information content (AvgIpc) is 2.82. The van der Waals surface area contributed by atoms with Crippen LogP contribution in [0.5, 0.6) is 0 Å². The number of benzene rings is 1. The number of rotatable bonds is 4. The first-order valence-corrected chi connectivity index (χ1v) is 5.73. The smallest absolute Gasteiger partial charge is 0.341 e. The van der Waals surface area contributed by atoms with Gasteiger partial charge in [-0.05, 0) is 13.0 Å². The third-order valence-corrected chi connectivity index (χ3v) is 2.49. The van der Waals surface area contributed by atoms with E-state index < -0.39 is 17.6 Å². The van der Waals surface area contributed by atoms with Crippen LogP contribution in [0.4, 0.5) is 8.78 Å². The van der Waals surface area contributed by atoms with Gasteiger partial charge in [-0.2, -0.15) is 5.10 Å². The van der Waals surface area contributed by atoms with Gasteiger partial charge >= 0.3 is 5.97 Å². The Morgan fingerprint density at radius 1 is 1.42 bits per heavy atom. The summed E-state index contributed by atoms with van der Waals surface area (Å²) in [5, 5.41) is 3.93. The number of carbonyl (C=O) groups excluding carboxylic acids is 1. The van der Waals surface area contributed by atoms with Crippen LogP contribution < -0.4 is 0 Å². The second kappa shape index (κ2) is 5.60. The lowest BCUT2D eigenvalue weighted by Gasteiger charge is -2.03. The van der Waals surface area contributed by atoms with Crippen molar-refractivity contribution in [3.8, 4) is 0 Å². The average molecular weight is 266 g/mol. The standard InChI is InChI=1S/C13H12F2N2O2/c1-2-19-13(18)10-6-16-17(8-10)7-9-3-4-11(14)5-12(9)15/h3-6,8H,2,7H2,1H3. The molecular weight excluding hydrogens is 254 g/mol. The summed E-state index contributed by atoms with van der Waals surface area (Å²) in [6.07, 6.45) is 2.81. The highest BCUT2D eigenvalue weighted by atomic mass is 19.1. The molecule has 0 spiro atoms. The van der Waals surface area contributed by atoms with Gasteiger partial charge in [-0.3, -0.25) is 4.68 Å². The number of ether oxygens (including phenoxy) is 1. The lowest BCUT2D eigenvalue weighted by Crippen LogP contribution is -2.05. The molecule has 6 heteroatoms. The SMILES string of the molecule is CCOC(=O)c1cnn(Cc2ccc(F)cc2F)c1. The van der Waals surface area contributed by atoms with Crippen LogP contribution in [0.25, 0.3) is 0 Å². The Labute approximate surface area is 108 Å². The van der Waals surface area contributed by atoms with Crippen molar-refractivity contribution in [1.82, 2.24) is 9.78 Å². The van der Waals surface area contributed by atoms with E-state index >= 15 is 0 Å². The highest BCUT2D eigenvalue weighted by molar-refractivity contribution is 5.88. The lowest BCUT2D eigenvalue weighted by atomic mass is 10.2. The Hall–Kier alpha value is -2.24. The van der Waals surface area contributed by atoms with Gasteiger partial charge in [0.15, 0.2) is 0 Å². The Balaban J connectivity index is 2.13. The molecule has 0 amide bonds. The minimum Gasteiger partial charge on any atom is -0.462 e. The Bertz CT molecular complexity index is 596. The zero-order valence-corrected chi connectivity index (χ0v) is 10.3. The molecular formula is C13H12F2N2O2. The van der Waals surface area contributed by atoms with Crippen LogP contribution in [-0.2, 0) is 11.3 Å². The highest BCUT2D eigenvalue weighted by Crippen LogP contribution is 2.11. The zero-order chi connectivity index (χ0) is 13.8. The van der Waals surface area contributed by atoms with Gasteiger partial charge in [-0.15, -0.1) is 0 Å². The van der Waals surface area contributed by atoms with Gasteiger partial charge in [-0.25, -0.2) is 13.6 Å². The van der Waals surface area contributed by atoms with E-state index in [1.165, 1.54) is 29.2 Å². The first kappa shape index (κ1) is 13.2. The minimum atomic E-state index is -0.645. The number of esters is 1. The molecule has 1 heterocycles. The molecule has 4 nitrogen and oxygen atoms in total. The van der Waals surface area contributed by atoms with Gasteiger partial charge in [0, 0.05) is 17.8 Å². The summed E-state index contributed by atoms with van der Waals surface area (Å²) >= 11 is 0. The first-order chi connectivity index (χ1) is 9.10. The topological polar surface area (TPSA) is 44.1 Å². The molecule has 0 aliphatic carbocycles. The molecule has 0 fully saturated rings. The van der Waals surface area contributed by atoms with Crippen LogP contribution in [-0.4, -0.2) is 22.4 Å². The van der Waals surface area contributed by atoms with Crippen LogP contribution >= 0.6 is 0 Å². The largest absolute Gasteiger partial charge is 0.462 e. The van der Waals surface area contributed by atoms with Gasteiger partial charge < -0.3 is 4.74 Å². The molecule has 2 aromatic rings. The fourth-order valence-electron chi connectivity index (χ4n) is 1.59. The summed E-state index contributed by atoms with van der Waals surface area (Å²) in [5.41, 5.74) is 0.587. The van der Waals surface area contributed by atoms with Crippen molar-refractivity contribution in [2.75, 3.05) is 6.61 Å². The molecule has 2 rings (SSSR count). The summed E-state index contributed by atoms with van der Waals surface area (Å²) < 4.78 is 32.4. The number of hydrogen-bond donors (Lipinski definition) is 0. The van der Waals surface area contributed by atoms with Crippen molar-refractivity contribution < 1.29 is 18.3 Å².